The second kappa shape index (κ2) is 7.86. The number of hydrogen-bond donors (Lipinski definition) is 1. The van der Waals surface area contributed by atoms with Gasteiger partial charge in [0.15, 0.2) is 0 Å². The molecule has 0 spiro atoms. The Labute approximate surface area is 125 Å². The van der Waals surface area contributed by atoms with Crippen molar-refractivity contribution in [3.05, 3.63) is 46.0 Å². The van der Waals surface area contributed by atoms with E-state index in [1.807, 2.05) is 0 Å². The van der Waals surface area contributed by atoms with Crippen LogP contribution in [0.15, 0.2) is 40.4 Å². The van der Waals surface area contributed by atoms with Crippen LogP contribution in [0.25, 0.3) is 0 Å². The average Bonchev–Trinajstić information content (AvgIpc) is 2.46. The maximum absolute atomic E-state index is 3.73. The van der Waals surface area contributed by atoms with Crippen molar-refractivity contribution in [3.63, 3.8) is 0 Å². The Morgan fingerprint density at radius 1 is 1.26 bits per heavy atom. The summed E-state index contributed by atoms with van der Waals surface area (Å²) < 4.78 is 1.23. The molecule has 1 unspecified atom stereocenters. The topological polar surface area (TPSA) is 12.0 Å². The summed E-state index contributed by atoms with van der Waals surface area (Å²) in [7, 11) is 0. The van der Waals surface area contributed by atoms with E-state index in [-0.39, 0.29) is 0 Å². The molecular formula is C17H24BrN. The third kappa shape index (κ3) is 4.47. The summed E-state index contributed by atoms with van der Waals surface area (Å²) in [5.41, 5.74) is 3.03. The van der Waals surface area contributed by atoms with Gasteiger partial charge in [-0.05, 0) is 56.7 Å². The lowest BCUT2D eigenvalue weighted by Gasteiger charge is -2.25. The molecule has 1 aliphatic carbocycles. The Morgan fingerprint density at radius 2 is 2.11 bits per heavy atom. The molecule has 104 valence electrons. The zero-order chi connectivity index (χ0) is 13.5. The first-order chi connectivity index (χ1) is 9.31. The third-order valence-electron chi connectivity index (χ3n) is 3.80. The van der Waals surface area contributed by atoms with Gasteiger partial charge in [-0.1, -0.05) is 52.7 Å². The van der Waals surface area contributed by atoms with Crippen molar-refractivity contribution in [3.8, 4) is 0 Å². The Bertz CT molecular complexity index is 425. The Hall–Kier alpha value is -0.600. The van der Waals surface area contributed by atoms with Gasteiger partial charge in [0.05, 0.1) is 0 Å². The molecule has 0 saturated heterocycles. The van der Waals surface area contributed by atoms with Gasteiger partial charge in [-0.15, -0.1) is 0 Å². The number of nitrogens with one attached hydrogen (secondary N) is 1. The van der Waals surface area contributed by atoms with E-state index in [0.29, 0.717) is 6.04 Å². The van der Waals surface area contributed by atoms with Crippen LogP contribution in [0.2, 0.25) is 0 Å². The molecule has 1 atom stereocenters. The molecule has 0 heterocycles. The van der Waals surface area contributed by atoms with Crippen LogP contribution in [-0.4, -0.2) is 12.6 Å². The van der Waals surface area contributed by atoms with Gasteiger partial charge in [0, 0.05) is 10.5 Å². The molecule has 1 aromatic carbocycles. The molecule has 0 bridgehead atoms. The van der Waals surface area contributed by atoms with E-state index in [4.69, 9.17) is 0 Å². The normalized spacial score (nSPS) is 17.1. The monoisotopic (exact) mass is 321 g/mol. The number of hydrogen-bond acceptors (Lipinski definition) is 1. The van der Waals surface area contributed by atoms with Crippen LogP contribution in [0.5, 0.6) is 0 Å². The van der Waals surface area contributed by atoms with Crippen molar-refractivity contribution >= 4 is 15.9 Å². The first-order valence-corrected chi connectivity index (χ1v) is 8.26. The largest absolute Gasteiger partial charge is 0.310 e. The van der Waals surface area contributed by atoms with Crippen LogP contribution >= 0.6 is 15.9 Å². The first kappa shape index (κ1) is 14.8. The smallest absolute Gasteiger partial charge is 0.0320 e. The fourth-order valence-electron chi connectivity index (χ4n) is 2.72. The predicted molar refractivity (Wildman–Crippen MR) is 86.5 cm³/mol. The summed E-state index contributed by atoms with van der Waals surface area (Å²) in [6.45, 7) is 3.34. The summed E-state index contributed by atoms with van der Waals surface area (Å²) in [5, 5.41) is 3.73. The van der Waals surface area contributed by atoms with Crippen LogP contribution in [0.3, 0.4) is 0 Å². The van der Waals surface area contributed by atoms with Gasteiger partial charge in [-0.25, -0.2) is 0 Å². The quantitative estimate of drug-likeness (QED) is 0.738. The molecule has 0 saturated carbocycles. The van der Waals surface area contributed by atoms with E-state index in [9.17, 15) is 0 Å². The highest BCUT2D eigenvalue weighted by Crippen LogP contribution is 2.25. The van der Waals surface area contributed by atoms with Gasteiger partial charge in [-0.2, -0.15) is 0 Å². The zero-order valence-corrected chi connectivity index (χ0v) is 13.4. The summed E-state index contributed by atoms with van der Waals surface area (Å²) in [4.78, 5) is 0. The molecule has 2 rings (SSSR count). The summed E-state index contributed by atoms with van der Waals surface area (Å²) >= 11 is 3.67. The van der Waals surface area contributed by atoms with Gasteiger partial charge in [0.2, 0.25) is 0 Å². The van der Waals surface area contributed by atoms with Gasteiger partial charge in [0.25, 0.3) is 0 Å². The highest BCUT2D eigenvalue weighted by Gasteiger charge is 2.17. The fourth-order valence-corrected chi connectivity index (χ4v) is 3.16. The SMILES string of the molecule is CCCNC(Cc1ccccc1Br)C1=CCCCC1. The standard InChI is InChI=1S/C17H24BrN/c1-2-12-19-17(14-8-4-3-5-9-14)13-15-10-6-7-11-16(15)18/h6-8,10-11,17,19H,2-5,9,12-13H2,1H3. The molecule has 0 aromatic heterocycles. The minimum Gasteiger partial charge on any atom is -0.310 e. The van der Waals surface area contributed by atoms with Crippen molar-refractivity contribution in [2.24, 2.45) is 0 Å². The van der Waals surface area contributed by atoms with E-state index >= 15 is 0 Å². The molecular weight excluding hydrogens is 298 g/mol. The number of benzene rings is 1. The molecule has 0 radical (unpaired) electrons. The van der Waals surface area contributed by atoms with E-state index < -0.39 is 0 Å². The zero-order valence-electron chi connectivity index (χ0n) is 11.8. The van der Waals surface area contributed by atoms with Crippen molar-refractivity contribution < 1.29 is 0 Å². The van der Waals surface area contributed by atoms with Crippen LogP contribution < -0.4 is 5.32 Å². The summed E-state index contributed by atoms with van der Waals surface area (Å²) in [6.07, 6.45) is 9.99. The Balaban J connectivity index is 2.09. The van der Waals surface area contributed by atoms with Crippen LogP contribution in [-0.2, 0) is 6.42 Å². The number of halogens is 1. The molecule has 0 amide bonds. The lowest BCUT2D eigenvalue weighted by atomic mass is 9.90. The van der Waals surface area contributed by atoms with Gasteiger partial charge < -0.3 is 5.32 Å². The van der Waals surface area contributed by atoms with E-state index in [0.717, 1.165) is 13.0 Å². The van der Waals surface area contributed by atoms with Gasteiger partial charge >= 0.3 is 0 Å². The highest BCUT2D eigenvalue weighted by molar-refractivity contribution is 9.10. The summed E-state index contributed by atoms with van der Waals surface area (Å²) in [6, 6.07) is 9.10. The maximum Gasteiger partial charge on any atom is 0.0320 e. The van der Waals surface area contributed by atoms with Crippen molar-refractivity contribution in [1.29, 1.82) is 0 Å². The van der Waals surface area contributed by atoms with Crippen molar-refractivity contribution in [1.82, 2.24) is 5.32 Å². The minimum atomic E-state index is 0.513. The minimum absolute atomic E-state index is 0.513. The number of rotatable bonds is 6. The highest BCUT2D eigenvalue weighted by atomic mass is 79.9. The lowest BCUT2D eigenvalue weighted by Crippen LogP contribution is -2.34. The van der Waals surface area contributed by atoms with Crippen molar-refractivity contribution in [2.75, 3.05) is 6.54 Å². The second-order valence-corrected chi connectivity index (χ2v) is 6.18. The first-order valence-electron chi connectivity index (χ1n) is 7.47. The van der Waals surface area contributed by atoms with Crippen LogP contribution in [0, 0.1) is 0 Å². The van der Waals surface area contributed by atoms with Crippen LogP contribution in [0.4, 0.5) is 0 Å². The maximum atomic E-state index is 3.73. The van der Waals surface area contributed by atoms with E-state index in [2.05, 4.69) is 58.5 Å². The molecule has 1 nitrogen and oxygen atoms in total. The lowest BCUT2D eigenvalue weighted by molar-refractivity contribution is 0.525. The predicted octanol–water partition coefficient (Wildman–Crippen LogP) is 4.86. The van der Waals surface area contributed by atoms with Crippen LogP contribution in [0.1, 0.15) is 44.6 Å². The Morgan fingerprint density at radius 3 is 2.79 bits per heavy atom. The molecule has 2 heteroatoms. The molecule has 1 aromatic rings. The molecule has 0 aliphatic heterocycles. The average molecular weight is 322 g/mol. The van der Waals surface area contributed by atoms with E-state index in [1.54, 1.807) is 5.57 Å². The molecule has 1 aliphatic rings. The third-order valence-corrected chi connectivity index (χ3v) is 4.57. The molecule has 1 N–H and O–H groups in total. The van der Waals surface area contributed by atoms with Gasteiger partial charge in [0.1, 0.15) is 0 Å². The molecule has 0 fully saturated rings. The second-order valence-electron chi connectivity index (χ2n) is 5.33. The van der Waals surface area contributed by atoms with Gasteiger partial charge in [-0.3, -0.25) is 0 Å². The number of allylic oxidation sites excluding steroid dienone is 1. The Kier molecular flexibility index (Phi) is 6.12. The van der Waals surface area contributed by atoms with E-state index in [1.165, 1.54) is 42.1 Å². The molecule has 19 heavy (non-hydrogen) atoms. The fraction of sp³-hybridized carbons (Fsp3) is 0.529. The summed E-state index contributed by atoms with van der Waals surface area (Å²) in [5.74, 6) is 0. The van der Waals surface area contributed by atoms with Crippen molar-refractivity contribution in [2.45, 2.75) is 51.5 Å².